The van der Waals surface area contributed by atoms with Gasteiger partial charge in [-0.1, -0.05) is 6.42 Å². The van der Waals surface area contributed by atoms with E-state index in [1.54, 1.807) is 0 Å². The Labute approximate surface area is 99.1 Å². The smallest absolute Gasteiger partial charge is 0.0705 e. The topological polar surface area (TPSA) is 21.3 Å². The van der Waals surface area contributed by atoms with E-state index in [0.29, 0.717) is 0 Å². The number of methoxy groups -OCH3 is 1. The second-order valence-electron chi connectivity index (χ2n) is 6.28. The maximum absolute atomic E-state index is 5.91. The fourth-order valence-corrected chi connectivity index (χ4v) is 4.48. The van der Waals surface area contributed by atoms with Crippen LogP contribution < -0.4 is 5.32 Å². The summed E-state index contributed by atoms with van der Waals surface area (Å²) in [5.74, 6) is 3.11. The van der Waals surface area contributed by atoms with E-state index in [4.69, 9.17) is 4.74 Å². The highest BCUT2D eigenvalue weighted by atomic mass is 16.5. The fourth-order valence-electron chi connectivity index (χ4n) is 4.48. The van der Waals surface area contributed by atoms with Crippen molar-refractivity contribution in [1.82, 2.24) is 5.32 Å². The van der Waals surface area contributed by atoms with Crippen molar-refractivity contribution in [2.24, 2.45) is 17.8 Å². The molecule has 3 rings (SSSR count). The van der Waals surface area contributed by atoms with Crippen LogP contribution in [0.4, 0.5) is 0 Å². The first-order valence-corrected chi connectivity index (χ1v) is 7.07. The monoisotopic (exact) mass is 223 g/mol. The van der Waals surface area contributed by atoms with Gasteiger partial charge in [-0.25, -0.2) is 0 Å². The van der Waals surface area contributed by atoms with E-state index in [-0.39, 0.29) is 5.60 Å². The van der Waals surface area contributed by atoms with Crippen LogP contribution in [-0.2, 0) is 4.74 Å². The molecule has 0 amide bonds. The summed E-state index contributed by atoms with van der Waals surface area (Å²) < 4.78 is 5.91. The van der Waals surface area contributed by atoms with Crippen molar-refractivity contribution in [3.05, 3.63) is 0 Å². The molecule has 0 aromatic rings. The molecule has 16 heavy (non-hydrogen) atoms. The molecule has 2 nitrogen and oxygen atoms in total. The van der Waals surface area contributed by atoms with Crippen LogP contribution in [0, 0.1) is 17.8 Å². The summed E-state index contributed by atoms with van der Waals surface area (Å²) in [5.41, 5.74) is 0.223. The quantitative estimate of drug-likeness (QED) is 0.794. The third kappa shape index (κ3) is 1.91. The summed E-state index contributed by atoms with van der Waals surface area (Å²) >= 11 is 0. The van der Waals surface area contributed by atoms with Gasteiger partial charge < -0.3 is 10.1 Å². The summed E-state index contributed by atoms with van der Waals surface area (Å²) in [4.78, 5) is 0. The van der Waals surface area contributed by atoms with Gasteiger partial charge in [0.15, 0.2) is 0 Å². The molecule has 2 aliphatic carbocycles. The molecular formula is C14H25NO. The molecule has 0 aromatic carbocycles. The molecule has 2 bridgehead atoms. The van der Waals surface area contributed by atoms with Gasteiger partial charge in [-0.3, -0.25) is 0 Å². The molecule has 1 heterocycles. The molecule has 3 fully saturated rings. The Morgan fingerprint density at radius 3 is 2.56 bits per heavy atom. The number of fused-ring (bicyclic) bond motifs is 2. The molecule has 2 heteroatoms. The molecule has 3 aliphatic rings. The minimum atomic E-state index is 0.223. The first-order valence-electron chi connectivity index (χ1n) is 7.07. The third-order valence-corrected chi connectivity index (χ3v) is 5.47. The third-order valence-electron chi connectivity index (χ3n) is 5.47. The molecule has 1 aliphatic heterocycles. The van der Waals surface area contributed by atoms with E-state index in [9.17, 15) is 0 Å². The summed E-state index contributed by atoms with van der Waals surface area (Å²) in [7, 11) is 1.93. The molecule has 0 aromatic heterocycles. The highest BCUT2D eigenvalue weighted by Gasteiger charge is 2.44. The Bertz CT molecular complexity index is 247. The second kappa shape index (κ2) is 4.30. The van der Waals surface area contributed by atoms with E-state index in [2.05, 4.69) is 5.32 Å². The molecule has 3 atom stereocenters. The highest BCUT2D eigenvalue weighted by molar-refractivity contribution is 4.96. The summed E-state index contributed by atoms with van der Waals surface area (Å²) in [6.45, 7) is 2.29. The molecular weight excluding hydrogens is 198 g/mol. The lowest BCUT2D eigenvalue weighted by Gasteiger charge is -2.40. The molecule has 0 spiro atoms. The summed E-state index contributed by atoms with van der Waals surface area (Å²) in [5, 5.41) is 3.45. The number of hydrogen-bond donors (Lipinski definition) is 1. The molecule has 1 N–H and O–H groups in total. The van der Waals surface area contributed by atoms with Crippen molar-refractivity contribution in [2.75, 3.05) is 20.2 Å². The Morgan fingerprint density at radius 1 is 1.19 bits per heavy atom. The zero-order chi connectivity index (χ0) is 11.0. The first kappa shape index (κ1) is 11.0. The molecule has 92 valence electrons. The van der Waals surface area contributed by atoms with Gasteiger partial charge in [-0.05, 0) is 69.4 Å². The van der Waals surface area contributed by atoms with E-state index >= 15 is 0 Å². The number of rotatable bonds is 3. The minimum Gasteiger partial charge on any atom is -0.378 e. The lowest BCUT2D eigenvalue weighted by molar-refractivity contribution is -0.0564. The lowest BCUT2D eigenvalue weighted by Crippen LogP contribution is -2.45. The van der Waals surface area contributed by atoms with Gasteiger partial charge in [-0.2, -0.15) is 0 Å². The number of hydrogen-bond acceptors (Lipinski definition) is 2. The minimum absolute atomic E-state index is 0.223. The van der Waals surface area contributed by atoms with Crippen molar-refractivity contribution in [2.45, 2.75) is 50.5 Å². The molecule has 2 saturated carbocycles. The zero-order valence-corrected chi connectivity index (χ0v) is 10.5. The van der Waals surface area contributed by atoms with Gasteiger partial charge in [0.05, 0.1) is 5.60 Å². The van der Waals surface area contributed by atoms with Gasteiger partial charge in [0.1, 0.15) is 0 Å². The van der Waals surface area contributed by atoms with Crippen LogP contribution in [0.5, 0.6) is 0 Å². The summed E-state index contributed by atoms with van der Waals surface area (Å²) in [6.07, 6.45) is 9.84. The van der Waals surface area contributed by atoms with Crippen LogP contribution in [0.1, 0.15) is 44.9 Å². The van der Waals surface area contributed by atoms with Gasteiger partial charge in [0, 0.05) is 7.11 Å². The van der Waals surface area contributed by atoms with E-state index in [0.717, 1.165) is 30.8 Å². The fraction of sp³-hybridized carbons (Fsp3) is 1.00. The van der Waals surface area contributed by atoms with Gasteiger partial charge in [0.25, 0.3) is 0 Å². The normalized spacial score (nSPS) is 41.4. The number of nitrogens with one attached hydrogen (secondary N) is 1. The van der Waals surface area contributed by atoms with Crippen molar-refractivity contribution < 1.29 is 4.74 Å². The average molecular weight is 223 g/mol. The maximum Gasteiger partial charge on any atom is 0.0705 e. The maximum atomic E-state index is 5.91. The van der Waals surface area contributed by atoms with Gasteiger partial charge >= 0.3 is 0 Å². The van der Waals surface area contributed by atoms with Gasteiger partial charge in [-0.15, -0.1) is 0 Å². The van der Waals surface area contributed by atoms with Crippen molar-refractivity contribution in [3.8, 4) is 0 Å². The van der Waals surface area contributed by atoms with Gasteiger partial charge in [0.2, 0.25) is 0 Å². The second-order valence-corrected chi connectivity index (χ2v) is 6.28. The van der Waals surface area contributed by atoms with E-state index < -0.39 is 0 Å². The van der Waals surface area contributed by atoms with E-state index in [1.807, 2.05) is 7.11 Å². The Morgan fingerprint density at radius 2 is 2.00 bits per heavy atom. The average Bonchev–Trinajstić information content (AvgIpc) is 2.92. The molecule has 3 unspecified atom stereocenters. The number of piperidine rings is 1. The van der Waals surface area contributed by atoms with Crippen LogP contribution in [0.2, 0.25) is 0 Å². The van der Waals surface area contributed by atoms with Crippen LogP contribution in [0.25, 0.3) is 0 Å². The largest absolute Gasteiger partial charge is 0.378 e. The predicted octanol–water partition coefficient (Wildman–Crippen LogP) is 2.58. The molecule has 0 radical (unpaired) electrons. The van der Waals surface area contributed by atoms with Crippen LogP contribution >= 0.6 is 0 Å². The highest BCUT2D eigenvalue weighted by Crippen LogP contribution is 2.51. The predicted molar refractivity (Wildman–Crippen MR) is 65.4 cm³/mol. The Balaban J connectivity index is 1.63. The van der Waals surface area contributed by atoms with Crippen LogP contribution in [-0.4, -0.2) is 25.8 Å². The Kier molecular flexibility index (Phi) is 2.97. The standard InChI is InChI=1S/C14H25NO/c1-16-14(4-6-15-7-5-14)10-13-9-11-2-3-12(13)8-11/h11-13,15H,2-10H2,1H3. The molecule has 1 saturated heterocycles. The number of ether oxygens (including phenoxy) is 1. The summed E-state index contributed by atoms with van der Waals surface area (Å²) in [6, 6.07) is 0. The van der Waals surface area contributed by atoms with Crippen LogP contribution in [0.15, 0.2) is 0 Å². The lowest BCUT2D eigenvalue weighted by atomic mass is 9.77. The van der Waals surface area contributed by atoms with Crippen molar-refractivity contribution in [3.63, 3.8) is 0 Å². The van der Waals surface area contributed by atoms with Crippen molar-refractivity contribution >= 4 is 0 Å². The first-order chi connectivity index (χ1) is 7.81. The zero-order valence-electron chi connectivity index (χ0n) is 10.5. The van der Waals surface area contributed by atoms with Crippen molar-refractivity contribution in [1.29, 1.82) is 0 Å². The SMILES string of the molecule is COC1(CC2CC3CCC2C3)CCNCC1. The van der Waals surface area contributed by atoms with E-state index in [1.165, 1.54) is 44.9 Å². The van der Waals surface area contributed by atoms with Crippen LogP contribution in [0.3, 0.4) is 0 Å². The Hall–Kier alpha value is -0.0800.